The molecule has 3 rings (SSSR count). The second-order valence-electron chi connectivity index (χ2n) is 5.89. The molecule has 0 spiro atoms. The van der Waals surface area contributed by atoms with E-state index in [1.165, 1.54) is 4.68 Å². The van der Waals surface area contributed by atoms with Crippen LogP contribution in [0.3, 0.4) is 0 Å². The third-order valence-electron chi connectivity index (χ3n) is 4.12. The molecule has 0 aliphatic carbocycles. The van der Waals surface area contributed by atoms with Crippen LogP contribution < -0.4 is 16.4 Å². The van der Waals surface area contributed by atoms with Crippen LogP contribution >= 0.6 is 0 Å². The van der Waals surface area contributed by atoms with Crippen LogP contribution in [0, 0.1) is 0 Å². The predicted octanol–water partition coefficient (Wildman–Crippen LogP) is 1.96. The molecule has 1 atom stereocenters. The molecule has 0 saturated carbocycles. The molecule has 1 aromatic heterocycles. The summed E-state index contributed by atoms with van der Waals surface area (Å²) >= 11 is 0. The van der Waals surface area contributed by atoms with E-state index in [4.69, 9.17) is 0 Å². The van der Waals surface area contributed by atoms with E-state index in [-0.39, 0.29) is 36.0 Å². The number of carbonyl (C=O) groups excluding carboxylic acids is 1. The first kappa shape index (κ1) is 16.7. The monoisotopic (exact) mass is 337 g/mol. The van der Waals surface area contributed by atoms with Gasteiger partial charge in [0.1, 0.15) is 0 Å². The van der Waals surface area contributed by atoms with E-state index >= 15 is 0 Å². The zero-order valence-corrected chi connectivity index (χ0v) is 13.9. The third-order valence-corrected chi connectivity index (χ3v) is 4.12. The molecule has 0 radical (unpaired) electrons. The number of benzene rings is 2. The summed E-state index contributed by atoms with van der Waals surface area (Å²) in [4.78, 5) is 36.6. The summed E-state index contributed by atoms with van der Waals surface area (Å²) < 4.78 is 1.19. The molecule has 1 heterocycles. The van der Waals surface area contributed by atoms with Crippen molar-refractivity contribution in [3.63, 3.8) is 0 Å². The van der Waals surface area contributed by atoms with E-state index in [1.807, 2.05) is 37.3 Å². The maximum absolute atomic E-state index is 12.4. The summed E-state index contributed by atoms with van der Waals surface area (Å²) in [5.41, 5.74) is 0.361. The zero-order chi connectivity index (χ0) is 17.8. The second-order valence-corrected chi connectivity index (χ2v) is 5.89. The number of rotatable bonds is 5. The molecule has 3 aromatic rings. The van der Waals surface area contributed by atoms with Gasteiger partial charge in [-0.15, -0.1) is 0 Å². The van der Waals surface area contributed by atoms with Crippen LogP contribution in [0.5, 0.6) is 0 Å². The average Bonchev–Trinajstić information content (AvgIpc) is 2.64. The number of nitrogens with one attached hydrogen (secondary N) is 2. The minimum absolute atomic E-state index is 0.103. The normalized spacial score (nSPS) is 12.0. The third kappa shape index (κ3) is 3.68. The largest absolute Gasteiger partial charge is 0.350 e. The topological polar surface area (TPSA) is 84.0 Å². The Morgan fingerprint density at radius 3 is 2.40 bits per heavy atom. The number of hydrogen-bond acceptors (Lipinski definition) is 3. The number of H-pyrrole nitrogens is 1. The van der Waals surface area contributed by atoms with Gasteiger partial charge >= 0.3 is 0 Å². The summed E-state index contributed by atoms with van der Waals surface area (Å²) in [7, 11) is 0. The fourth-order valence-corrected chi connectivity index (χ4v) is 2.76. The lowest BCUT2D eigenvalue weighted by atomic mass is 10.1. The fourth-order valence-electron chi connectivity index (χ4n) is 2.76. The number of hydrogen-bond donors (Lipinski definition) is 2. The van der Waals surface area contributed by atoms with Crippen LogP contribution in [0.1, 0.15) is 24.9 Å². The Labute approximate surface area is 144 Å². The van der Waals surface area contributed by atoms with Crippen molar-refractivity contribution in [3.8, 4) is 0 Å². The van der Waals surface area contributed by atoms with Crippen molar-refractivity contribution >= 4 is 16.7 Å². The average molecular weight is 337 g/mol. The minimum atomic E-state index is -0.340. The van der Waals surface area contributed by atoms with Gasteiger partial charge in [-0.05, 0) is 24.6 Å². The van der Waals surface area contributed by atoms with Crippen LogP contribution in [-0.2, 0) is 11.3 Å². The maximum Gasteiger partial charge on any atom is 0.273 e. The Morgan fingerprint density at radius 2 is 1.68 bits per heavy atom. The summed E-state index contributed by atoms with van der Waals surface area (Å²) in [5, 5.41) is 6.12. The number of aromatic nitrogens is 2. The number of amides is 1. The lowest BCUT2D eigenvalue weighted by molar-refractivity contribution is -0.122. The van der Waals surface area contributed by atoms with Crippen molar-refractivity contribution in [3.05, 3.63) is 80.9 Å². The predicted molar refractivity (Wildman–Crippen MR) is 96.4 cm³/mol. The molecule has 1 amide bonds. The molecular weight excluding hydrogens is 318 g/mol. The highest BCUT2D eigenvalue weighted by Crippen LogP contribution is 2.11. The van der Waals surface area contributed by atoms with Crippen molar-refractivity contribution in [2.45, 2.75) is 25.9 Å². The highest BCUT2D eigenvalue weighted by molar-refractivity contribution is 5.80. The number of fused-ring (bicyclic) bond motifs is 1. The molecule has 0 saturated heterocycles. The van der Waals surface area contributed by atoms with Crippen molar-refractivity contribution in [2.24, 2.45) is 0 Å². The van der Waals surface area contributed by atoms with Crippen LogP contribution in [0.2, 0.25) is 0 Å². The molecule has 0 bridgehead atoms. The van der Waals surface area contributed by atoms with Crippen LogP contribution in [0.15, 0.2) is 64.2 Å². The lowest BCUT2D eigenvalue weighted by Gasteiger charge is -2.14. The highest BCUT2D eigenvalue weighted by Gasteiger charge is 2.11. The van der Waals surface area contributed by atoms with E-state index in [1.54, 1.807) is 24.3 Å². The Bertz CT molecular complexity index is 1010. The standard InChI is InChI=1S/C19H19N3O3/c1-13(14-7-3-2-4-8-14)20-17(23)11-12-22-19(25)16-10-6-5-9-15(16)18(24)21-22/h2-10,13H,11-12H2,1H3,(H,20,23)(H,21,24). The molecule has 1 unspecified atom stereocenters. The quantitative estimate of drug-likeness (QED) is 0.746. The van der Waals surface area contributed by atoms with Crippen LogP contribution in [-0.4, -0.2) is 15.7 Å². The molecular formula is C19H19N3O3. The number of aryl methyl sites for hydroxylation is 1. The van der Waals surface area contributed by atoms with Gasteiger partial charge in [-0.3, -0.25) is 19.5 Å². The Kier molecular flexibility index (Phi) is 4.79. The van der Waals surface area contributed by atoms with Gasteiger partial charge in [0.05, 0.1) is 23.4 Å². The van der Waals surface area contributed by atoms with Gasteiger partial charge < -0.3 is 5.32 Å². The van der Waals surface area contributed by atoms with E-state index in [0.717, 1.165) is 5.56 Å². The Balaban J connectivity index is 1.70. The van der Waals surface area contributed by atoms with Crippen molar-refractivity contribution in [1.29, 1.82) is 0 Å². The van der Waals surface area contributed by atoms with Gasteiger partial charge in [-0.2, -0.15) is 0 Å². The van der Waals surface area contributed by atoms with Crippen LogP contribution in [0.4, 0.5) is 0 Å². The zero-order valence-electron chi connectivity index (χ0n) is 13.9. The summed E-state index contributed by atoms with van der Waals surface area (Å²) in [6, 6.07) is 16.1. The Morgan fingerprint density at radius 1 is 1.04 bits per heavy atom. The second kappa shape index (κ2) is 7.17. The molecule has 2 N–H and O–H groups in total. The van der Waals surface area contributed by atoms with E-state index in [2.05, 4.69) is 10.4 Å². The fraction of sp³-hybridized carbons (Fsp3) is 0.211. The van der Waals surface area contributed by atoms with Crippen LogP contribution in [0.25, 0.3) is 10.8 Å². The molecule has 2 aromatic carbocycles. The van der Waals surface area contributed by atoms with Gasteiger partial charge in [-0.1, -0.05) is 42.5 Å². The first-order valence-corrected chi connectivity index (χ1v) is 8.12. The lowest BCUT2D eigenvalue weighted by Crippen LogP contribution is -2.33. The SMILES string of the molecule is CC(NC(=O)CCn1[nH]c(=O)c2ccccc2c1=O)c1ccccc1. The first-order chi connectivity index (χ1) is 12.1. The molecule has 0 aliphatic rings. The van der Waals surface area contributed by atoms with E-state index in [0.29, 0.717) is 10.8 Å². The molecule has 6 heteroatoms. The van der Waals surface area contributed by atoms with E-state index < -0.39 is 0 Å². The molecule has 6 nitrogen and oxygen atoms in total. The van der Waals surface area contributed by atoms with Crippen molar-refractivity contribution < 1.29 is 4.79 Å². The van der Waals surface area contributed by atoms with Gasteiger partial charge in [-0.25, -0.2) is 4.68 Å². The molecule has 0 fully saturated rings. The number of nitrogens with zero attached hydrogens (tertiary/aromatic N) is 1. The number of aromatic amines is 1. The smallest absolute Gasteiger partial charge is 0.273 e. The Hall–Kier alpha value is -3.15. The summed E-state index contributed by atoms with van der Waals surface area (Å²) in [6.45, 7) is 2.02. The maximum atomic E-state index is 12.4. The van der Waals surface area contributed by atoms with Gasteiger partial charge in [0.15, 0.2) is 0 Å². The number of carbonyl (C=O) groups is 1. The summed E-state index contributed by atoms with van der Waals surface area (Å²) in [6.07, 6.45) is 0.103. The molecule has 128 valence electrons. The van der Waals surface area contributed by atoms with Crippen molar-refractivity contribution in [2.75, 3.05) is 0 Å². The van der Waals surface area contributed by atoms with Gasteiger partial charge in [0, 0.05) is 6.42 Å². The van der Waals surface area contributed by atoms with Crippen molar-refractivity contribution in [1.82, 2.24) is 15.1 Å². The molecule has 25 heavy (non-hydrogen) atoms. The highest BCUT2D eigenvalue weighted by atomic mass is 16.2. The van der Waals surface area contributed by atoms with E-state index in [9.17, 15) is 14.4 Å². The van der Waals surface area contributed by atoms with Gasteiger partial charge in [0.2, 0.25) is 5.91 Å². The molecule has 0 aliphatic heterocycles. The van der Waals surface area contributed by atoms with Gasteiger partial charge in [0.25, 0.3) is 11.1 Å². The first-order valence-electron chi connectivity index (χ1n) is 8.12. The minimum Gasteiger partial charge on any atom is -0.350 e. The summed E-state index contributed by atoms with van der Waals surface area (Å²) in [5.74, 6) is -0.183.